The molecular weight excluding hydrogens is 174 g/mol. The van der Waals surface area contributed by atoms with Gasteiger partial charge in [0.15, 0.2) is 0 Å². The highest BCUT2D eigenvalue weighted by atomic mass is 19.1. The van der Waals surface area contributed by atoms with Crippen LogP contribution in [0.25, 0.3) is 10.9 Å². The molecule has 2 aromatic rings. The molecule has 1 aromatic heterocycles. The Morgan fingerprint density at radius 1 is 1.38 bits per heavy atom. The summed E-state index contributed by atoms with van der Waals surface area (Å²) >= 11 is 0. The van der Waals surface area contributed by atoms with Gasteiger partial charge in [-0.2, -0.15) is 5.10 Å². The largest absolute Gasteiger partial charge is 0.491 e. The van der Waals surface area contributed by atoms with E-state index in [0.717, 1.165) is 0 Å². The van der Waals surface area contributed by atoms with Gasteiger partial charge in [-0.1, -0.05) is 12.1 Å². The Bertz CT molecular complexity index is 443. The molecule has 0 atom stereocenters. The van der Waals surface area contributed by atoms with Crippen molar-refractivity contribution in [1.82, 2.24) is 10.2 Å². The van der Waals surface area contributed by atoms with Crippen molar-refractivity contribution >= 4 is 23.5 Å². The van der Waals surface area contributed by atoms with Crippen LogP contribution in [-0.2, 0) is 0 Å². The van der Waals surface area contributed by atoms with Gasteiger partial charge < -0.3 is 10.0 Å². The highest BCUT2D eigenvalue weighted by Crippen LogP contribution is 2.12. The Kier molecular flexibility index (Phi) is 1.79. The molecule has 0 bridgehead atoms. The molecule has 0 radical (unpaired) electrons. The van der Waals surface area contributed by atoms with Crippen LogP contribution in [0.5, 0.6) is 0 Å². The number of fused-ring (bicyclic) bond motifs is 1. The first-order valence-electron chi connectivity index (χ1n) is 3.68. The van der Waals surface area contributed by atoms with Crippen LogP contribution < -0.4 is 5.46 Å². The summed E-state index contributed by atoms with van der Waals surface area (Å²) in [6.07, 6.45) is 1.46. The van der Waals surface area contributed by atoms with E-state index >= 15 is 0 Å². The van der Waals surface area contributed by atoms with Crippen LogP contribution in [0.2, 0.25) is 0 Å². The van der Waals surface area contributed by atoms with E-state index in [2.05, 4.69) is 10.2 Å². The molecule has 1 heterocycles. The standard InChI is InChI=1S/C7H6BFN2O2/c9-6-5(8(12)13)2-1-4-3-10-11-7(4)6/h1-3,12-13H,(H,10,11). The van der Waals surface area contributed by atoms with E-state index < -0.39 is 12.9 Å². The molecule has 0 amide bonds. The van der Waals surface area contributed by atoms with Gasteiger partial charge in [0.1, 0.15) is 11.3 Å². The summed E-state index contributed by atoms with van der Waals surface area (Å²) < 4.78 is 13.4. The fourth-order valence-corrected chi connectivity index (χ4v) is 1.19. The predicted molar refractivity (Wildman–Crippen MR) is 45.9 cm³/mol. The van der Waals surface area contributed by atoms with Gasteiger partial charge in [-0.25, -0.2) is 4.39 Å². The van der Waals surface area contributed by atoms with Crippen molar-refractivity contribution in [3.63, 3.8) is 0 Å². The van der Waals surface area contributed by atoms with E-state index in [0.29, 0.717) is 5.39 Å². The Hall–Kier alpha value is -1.40. The first kappa shape index (κ1) is 8.21. The molecule has 0 aliphatic carbocycles. The van der Waals surface area contributed by atoms with Crippen LogP contribution in [0.4, 0.5) is 4.39 Å². The lowest BCUT2D eigenvalue weighted by Crippen LogP contribution is -2.32. The molecule has 0 saturated carbocycles. The smallest absolute Gasteiger partial charge is 0.423 e. The highest BCUT2D eigenvalue weighted by molar-refractivity contribution is 6.59. The topological polar surface area (TPSA) is 69.1 Å². The summed E-state index contributed by atoms with van der Waals surface area (Å²) in [7, 11) is -1.80. The zero-order valence-corrected chi connectivity index (χ0v) is 6.53. The minimum absolute atomic E-state index is 0.156. The number of halogens is 1. The number of rotatable bonds is 1. The van der Waals surface area contributed by atoms with Gasteiger partial charge in [0.25, 0.3) is 0 Å². The lowest BCUT2D eigenvalue weighted by molar-refractivity contribution is 0.423. The number of hydrogen-bond donors (Lipinski definition) is 3. The summed E-state index contributed by atoms with van der Waals surface area (Å²) in [5.74, 6) is -0.676. The maximum atomic E-state index is 13.4. The van der Waals surface area contributed by atoms with Crippen LogP contribution >= 0.6 is 0 Å². The van der Waals surface area contributed by atoms with E-state index in [1.807, 2.05) is 0 Å². The molecule has 0 aliphatic heterocycles. The van der Waals surface area contributed by atoms with E-state index in [1.54, 1.807) is 6.07 Å². The van der Waals surface area contributed by atoms with Gasteiger partial charge in [-0.15, -0.1) is 0 Å². The maximum Gasteiger partial charge on any atom is 0.491 e. The number of aromatic amines is 1. The van der Waals surface area contributed by atoms with Crippen LogP contribution in [0, 0.1) is 5.82 Å². The molecule has 0 spiro atoms. The maximum absolute atomic E-state index is 13.4. The SMILES string of the molecule is OB(O)c1ccc2cn[nH]c2c1F. The number of aromatic nitrogens is 2. The van der Waals surface area contributed by atoms with Crippen molar-refractivity contribution in [1.29, 1.82) is 0 Å². The molecule has 66 valence electrons. The zero-order valence-electron chi connectivity index (χ0n) is 6.53. The average molecular weight is 180 g/mol. The normalized spacial score (nSPS) is 10.7. The highest BCUT2D eigenvalue weighted by Gasteiger charge is 2.18. The molecule has 6 heteroatoms. The Morgan fingerprint density at radius 2 is 2.15 bits per heavy atom. The molecule has 0 fully saturated rings. The summed E-state index contributed by atoms with van der Waals surface area (Å²) in [6.45, 7) is 0. The second-order valence-corrected chi connectivity index (χ2v) is 2.68. The third kappa shape index (κ3) is 1.20. The average Bonchev–Trinajstić information content (AvgIpc) is 2.52. The molecule has 2 rings (SSSR count). The van der Waals surface area contributed by atoms with Crippen molar-refractivity contribution in [3.8, 4) is 0 Å². The number of H-pyrrole nitrogens is 1. The van der Waals surface area contributed by atoms with E-state index in [4.69, 9.17) is 10.0 Å². The fourth-order valence-electron chi connectivity index (χ4n) is 1.19. The number of nitrogens with one attached hydrogen (secondary N) is 1. The van der Waals surface area contributed by atoms with Crippen molar-refractivity contribution in [3.05, 3.63) is 24.1 Å². The third-order valence-electron chi connectivity index (χ3n) is 1.86. The summed E-state index contributed by atoms with van der Waals surface area (Å²) in [4.78, 5) is 0. The second kappa shape index (κ2) is 2.83. The van der Waals surface area contributed by atoms with E-state index in [1.165, 1.54) is 12.3 Å². The number of hydrogen-bond acceptors (Lipinski definition) is 3. The molecule has 3 N–H and O–H groups in total. The lowest BCUT2D eigenvalue weighted by atomic mass is 9.79. The van der Waals surface area contributed by atoms with Crippen molar-refractivity contribution in [2.45, 2.75) is 0 Å². The molecular formula is C7H6BFN2O2. The Morgan fingerprint density at radius 3 is 2.85 bits per heavy atom. The first-order chi connectivity index (χ1) is 6.20. The predicted octanol–water partition coefficient (Wildman–Crippen LogP) is -0.618. The summed E-state index contributed by atoms with van der Waals surface area (Å²) in [5.41, 5.74) is 0.0300. The quantitative estimate of drug-likeness (QED) is 0.512. The minimum atomic E-state index is -1.80. The molecule has 1 aromatic carbocycles. The van der Waals surface area contributed by atoms with Crippen LogP contribution in [0.1, 0.15) is 0 Å². The first-order valence-corrected chi connectivity index (χ1v) is 3.68. The summed E-state index contributed by atoms with van der Waals surface area (Å²) in [6, 6.07) is 2.88. The molecule has 0 saturated heterocycles. The van der Waals surface area contributed by atoms with Crippen LogP contribution in [0.15, 0.2) is 18.3 Å². The van der Waals surface area contributed by atoms with Crippen molar-refractivity contribution < 1.29 is 14.4 Å². The van der Waals surface area contributed by atoms with Crippen molar-refractivity contribution in [2.24, 2.45) is 0 Å². The summed E-state index contributed by atoms with van der Waals surface area (Å²) in [5, 5.41) is 24.2. The monoisotopic (exact) mass is 180 g/mol. The van der Waals surface area contributed by atoms with Gasteiger partial charge in [0, 0.05) is 10.8 Å². The minimum Gasteiger partial charge on any atom is -0.423 e. The lowest BCUT2D eigenvalue weighted by Gasteiger charge is -2.00. The van der Waals surface area contributed by atoms with Gasteiger partial charge in [-0.05, 0) is 0 Å². The second-order valence-electron chi connectivity index (χ2n) is 2.68. The molecule has 0 aliphatic rings. The van der Waals surface area contributed by atoms with Gasteiger partial charge >= 0.3 is 7.12 Å². The van der Waals surface area contributed by atoms with E-state index in [-0.39, 0.29) is 11.0 Å². The third-order valence-corrected chi connectivity index (χ3v) is 1.86. The van der Waals surface area contributed by atoms with E-state index in [9.17, 15) is 4.39 Å². The number of nitrogens with zero attached hydrogens (tertiary/aromatic N) is 1. The van der Waals surface area contributed by atoms with Crippen LogP contribution in [-0.4, -0.2) is 27.4 Å². The Balaban J connectivity index is 2.73. The van der Waals surface area contributed by atoms with Crippen LogP contribution in [0.3, 0.4) is 0 Å². The molecule has 4 nitrogen and oxygen atoms in total. The number of benzene rings is 1. The van der Waals surface area contributed by atoms with Gasteiger partial charge in [-0.3, -0.25) is 5.10 Å². The zero-order chi connectivity index (χ0) is 9.42. The fraction of sp³-hybridized carbons (Fsp3) is 0. The molecule has 13 heavy (non-hydrogen) atoms. The van der Waals surface area contributed by atoms with Crippen molar-refractivity contribution in [2.75, 3.05) is 0 Å². The van der Waals surface area contributed by atoms with Gasteiger partial charge in [0.05, 0.1) is 6.20 Å². The van der Waals surface area contributed by atoms with Gasteiger partial charge in [0.2, 0.25) is 0 Å². The Labute approximate surface area is 73.2 Å². The molecule has 0 unspecified atom stereocenters.